The molecule has 1 saturated heterocycles. The lowest BCUT2D eigenvalue weighted by atomic mass is 10.1. The molecule has 0 unspecified atom stereocenters. The molecule has 0 saturated carbocycles. The van der Waals surface area contributed by atoms with Crippen LogP contribution in [0.1, 0.15) is 22.9 Å². The van der Waals surface area contributed by atoms with Crippen LogP contribution in [-0.4, -0.2) is 38.1 Å². The molecule has 7 heteroatoms. The zero-order valence-corrected chi connectivity index (χ0v) is 15.6. The number of thiophene rings is 1. The van der Waals surface area contributed by atoms with E-state index in [0.29, 0.717) is 6.04 Å². The lowest BCUT2D eigenvalue weighted by Gasteiger charge is -2.40. The number of aryl methyl sites for hydroxylation is 2. The summed E-state index contributed by atoms with van der Waals surface area (Å²) >= 11 is 1.85. The monoisotopic (exact) mass is 374 g/mol. The van der Waals surface area contributed by atoms with Crippen LogP contribution in [0.3, 0.4) is 0 Å². The SMILES string of the molecule is c1ccc(-c2cn(C3CN(c4ncnc5sc6c(c45)CCC6)C3)nn2)cc1. The summed E-state index contributed by atoms with van der Waals surface area (Å²) in [6, 6.07) is 10.5. The fraction of sp³-hybridized carbons (Fsp3) is 0.300. The van der Waals surface area contributed by atoms with Crippen molar-refractivity contribution in [2.75, 3.05) is 18.0 Å². The number of anilines is 1. The summed E-state index contributed by atoms with van der Waals surface area (Å²) in [5, 5.41) is 10.00. The molecule has 0 N–H and O–H groups in total. The van der Waals surface area contributed by atoms with Crippen LogP contribution in [0.4, 0.5) is 5.82 Å². The van der Waals surface area contributed by atoms with E-state index in [-0.39, 0.29) is 0 Å². The molecule has 0 atom stereocenters. The van der Waals surface area contributed by atoms with Crippen LogP contribution in [0, 0.1) is 0 Å². The van der Waals surface area contributed by atoms with Crippen LogP contribution in [0.25, 0.3) is 21.5 Å². The van der Waals surface area contributed by atoms with Gasteiger partial charge in [0.25, 0.3) is 0 Å². The maximum absolute atomic E-state index is 4.64. The summed E-state index contributed by atoms with van der Waals surface area (Å²) < 4.78 is 2.00. The number of hydrogen-bond acceptors (Lipinski definition) is 6. The van der Waals surface area contributed by atoms with Crippen LogP contribution in [0.15, 0.2) is 42.9 Å². The zero-order chi connectivity index (χ0) is 17.8. The number of rotatable bonds is 3. The topological polar surface area (TPSA) is 59.7 Å². The van der Waals surface area contributed by atoms with Gasteiger partial charge in [-0.05, 0) is 24.8 Å². The first-order valence-corrected chi connectivity index (χ1v) is 10.2. The molecule has 1 aliphatic heterocycles. The average Bonchev–Trinajstić information content (AvgIpc) is 3.37. The van der Waals surface area contributed by atoms with Gasteiger partial charge in [0.2, 0.25) is 0 Å². The largest absolute Gasteiger partial charge is 0.352 e. The van der Waals surface area contributed by atoms with Crippen molar-refractivity contribution in [2.45, 2.75) is 25.3 Å². The van der Waals surface area contributed by atoms with Gasteiger partial charge in [0.05, 0.1) is 17.6 Å². The molecule has 0 radical (unpaired) electrons. The highest BCUT2D eigenvalue weighted by Crippen LogP contribution is 2.41. The molecule has 3 aromatic heterocycles. The normalized spacial score (nSPS) is 16.7. The molecule has 1 aromatic carbocycles. The molecular formula is C20H18N6S. The Kier molecular flexibility index (Phi) is 3.31. The minimum Gasteiger partial charge on any atom is -0.352 e. The number of nitrogens with zero attached hydrogens (tertiary/aromatic N) is 6. The van der Waals surface area contributed by atoms with Crippen molar-refractivity contribution in [3.05, 3.63) is 53.3 Å². The van der Waals surface area contributed by atoms with Gasteiger partial charge in [0, 0.05) is 23.5 Å². The van der Waals surface area contributed by atoms with Crippen LogP contribution in [0.2, 0.25) is 0 Å². The van der Waals surface area contributed by atoms with E-state index in [1.807, 2.05) is 34.2 Å². The van der Waals surface area contributed by atoms with E-state index in [1.54, 1.807) is 6.33 Å². The Balaban J connectivity index is 1.26. The Labute approximate surface area is 160 Å². The summed E-state index contributed by atoms with van der Waals surface area (Å²) in [5.74, 6) is 1.10. The first-order chi connectivity index (χ1) is 13.4. The van der Waals surface area contributed by atoms with Crippen LogP contribution in [0.5, 0.6) is 0 Å². The van der Waals surface area contributed by atoms with Crippen molar-refractivity contribution < 1.29 is 0 Å². The van der Waals surface area contributed by atoms with Crippen LogP contribution < -0.4 is 4.90 Å². The van der Waals surface area contributed by atoms with Gasteiger partial charge in [-0.2, -0.15) is 0 Å². The molecule has 2 aliphatic rings. The number of aromatic nitrogens is 5. The van der Waals surface area contributed by atoms with Gasteiger partial charge in [0.1, 0.15) is 22.7 Å². The number of benzene rings is 1. The van der Waals surface area contributed by atoms with E-state index in [2.05, 4.69) is 43.5 Å². The third-order valence-corrected chi connectivity index (χ3v) is 6.80. The summed E-state index contributed by atoms with van der Waals surface area (Å²) in [4.78, 5) is 14.1. The Bertz CT molecular complexity index is 1130. The molecule has 134 valence electrons. The zero-order valence-electron chi connectivity index (χ0n) is 14.7. The quantitative estimate of drug-likeness (QED) is 0.549. The van der Waals surface area contributed by atoms with Crippen molar-refractivity contribution in [3.8, 4) is 11.3 Å². The van der Waals surface area contributed by atoms with E-state index in [1.165, 1.54) is 28.7 Å². The number of fused-ring (bicyclic) bond motifs is 3. The summed E-state index contributed by atoms with van der Waals surface area (Å²) in [6.07, 6.45) is 7.38. The first-order valence-electron chi connectivity index (χ1n) is 9.34. The predicted molar refractivity (Wildman–Crippen MR) is 106 cm³/mol. The van der Waals surface area contributed by atoms with Crippen molar-refractivity contribution in [1.82, 2.24) is 25.0 Å². The molecular weight excluding hydrogens is 356 g/mol. The lowest BCUT2D eigenvalue weighted by molar-refractivity contribution is 0.359. The third kappa shape index (κ3) is 2.38. The molecule has 6 nitrogen and oxygen atoms in total. The molecule has 0 spiro atoms. The minimum absolute atomic E-state index is 0.340. The Hall–Kier alpha value is -2.80. The average molecular weight is 374 g/mol. The molecule has 6 rings (SSSR count). The van der Waals surface area contributed by atoms with Crippen molar-refractivity contribution in [2.24, 2.45) is 0 Å². The fourth-order valence-corrected chi connectivity index (χ4v) is 5.37. The van der Waals surface area contributed by atoms with Crippen molar-refractivity contribution in [1.29, 1.82) is 0 Å². The van der Waals surface area contributed by atoms with E-state index in [0.717, 1.165) is 41.4 Å². The fourth-order valence-electron chi connectivity index (χ4n) is 4.14. The molecule has 4 aromatic rings. The standard InChI is InChI=1S/C20H18N6S/c1-2-5-13(6-3-1)16-11-26(24-23-16)14-9-25(10-14)19-18-15-7-4-8-17(15)27-20(18)22-12-21-19/h1-3,5-6,11-12,14H,4,7-10H2. The van der Waals surface area contributed by atoms with Gasteiger partial charge < -0.3 is 4.90 Å². The van der Waals surface area contributed by atoms with E-state index in [9.17, 15) is 0 Å². The van der Waals surface area contributed by atoms with Gasteiger partial charge in [-0.1, -0.05) is 35.5 Å². The Morgan fingerprint density at radius 3 is 2.81 bits per heavy atom. The van der Waals surface area contributed by atoms with Crippen molar-refractivity contribution >= 4 is 27.4 Å². The Morgan fingerprint density at radius 2 is 1.93 bits per heavy atom. The van der Waals surface area contributed by atoms with Gasteiger partial charge in [-0.15, -0.1) is 16.4 Å². The summed E-state index contributed by atoms with van der Waals surface area (Å²) in [5.41, 5.74) is 3.52. The molecule has 1 aliphatic carbocycles. The Morgan fingerprint density at radius 1 is 1.04 bits per heavy atom. The van der Waals surface area contributed by atoms with Gasteiger partial charge in [-0.25, -0.2) is 14.6 Å². The second kappa shape index (κ2) is 5.85. The predicted octanol–water partition coefficient (Wildman–Crippen LogP) is 3.50. The molecule has 4 heterocycles. The lowest BCUT2D eigenvalue weighted by Crippen LogP contribution is -2.48. The molecule has 27 heavy (non-hydrogen) atoms. The van der Waals surface area contributed by atoms with E-state index >= 15 is 0 Å². The maximum Gasteiger partial charge on any atom is 0.141 e. The molecule has 0 amide bonds. The first kappa shape index (κ1) is 15.3. The highest BCUT2D eigenvalue weighted by atomic mass is 32.1. The summed E-state index contributed by atoms with van der Waals surface area (Å²) in [7, 11) is 0. The molecule has 0 bridgehead atoms. The maximum atomic E-state index is 4.64. The van der Waals surface area contributed by atoms with E-state index < -0.39 is 0 Å². The van der Waals surface area contributed by atoms with Gasteiger partial charge in [-0.3, -0.25) is 0 Å². The minimum atomic E-state index is 0.340. The summed E-state index contributed by atoms with van der Waals surface area (Å²) in [6.45, 7) is 1.82. The van der Waals surface area contributed by atoms with Crippen LogP contribution in [-0.2, 0) is 12.8 Å². The van der Waals surface area contributed by atoms with Gasteiger partial charge >= 0.3 is 0 Å². The number of hydrogen-bond donors (Lipinski definition) is 0. The smallest absolute Gasteiger partial charge is 0.141 e. The van der Waals surface area contributed by atoms with Crippen molar-refractivity contribution in [3.63, 3.8) is 0 Å². The second-order valence-corrected chi connectivity index (χ2v) is 8.33. The van der Waals surface area contributed by atoms with Crippen LogP contribution >= 0.6 is 11.3 Å². The highest BCUT2D eigenvalue weighted by molar-refractivity contribution is 7.19. The van der Waals surface area contributed by atoms with Gasteiger partial charge in [0.15, 0.2) is 0 Å². The highest BCUT2D eigenvalue weighted by Gasteiger charge is 2.33. The molecule has 1 fully saturated rings. The van der Waals surface area contributed by atoms with E-state index in [4.69, 9.17) is 0 Å². The third-order valence-electron chi connectivity index (χ3n) is 5.60. The second-order valence-electron chi connectivity index (χ2n) is 7.24.